The van der Waals surface area contributed by atoms with Crippen LogP contribution in [0.15, 0.2) is 17.3 Å². The van der Waals surface area contributed by atoms with Crippen LogP contribution in [0.4, 0.5) is 0 Å². The first-order chi connectivity index (χ1) is 10.5. The summed E-state index contributed by atoms with van der Waals surface area (Å²) in [6.45, 7) is -0.0926. The molecule has 0 amide bonds. The number of carbonyl (C=O) groups excluding carboxylic acids is 2. The molecule has 9 nitrogen and oxygen atoms in total. The molecule has 0 radical (unpaired) electrons. The van der Waals surface area contributed by atoms with Gasteiger partial charge >= 0.3 is 5.97 Å². The fourth-order valence-corrected chi connectivity index (χ4v) is 2.06. The summed E-state index contributed by atoms with van der Waals surface area (Å²) in [5.41, 5.74) is -0.408. The van der Waals surface area contributed by atoms with Crippen molar-refractivity contribution in [3.63, 3.8) is 0 Å². The maximum absolute atomic E-state index is 12.2. The van der Waals surface area contributed by atoms with Crippen LogP contribution in [0.1, 0.15) is 0 Å². The lowest BCUT2D eigenvalue weighted by Crippen LogP contribution is -2.46. The monoisotopic (exact) mass is 315 g/mol. The molecule has 1 aliphatic heterocycles. The molecule has 0 saturated heterocycles. The van der Waals surface area contributed by atoms with Crippen LogP contribution in [0, 0.1) is 5.92 Å². The number of nitrogens with zero attached hydrogens (tertiary/aromatic N) is 1. The van der Waals surface area contributed by atoms with E-state index in [1.54, 1.807) is 0 Å². The van der Waals surface area contributed by atoms with Crippen molar-refractivity contribution in [3.8, 4) is 0 Å². The number of rotatable bonds is 7. The van der Waals surface area contributed by atoms with E-state index in [1.807, 2.05) is 0 Å². The summed E-state index contributed by atoms with van der Waals surface area (Å²) in [7, 11) is 5.20. The van der Waals surface area contributed by atoms with Gasteiger partial charge < -0.3 is 24.1 Å². The zero-order valence-corrected chi connectivity index (χ0v) is 12.6. The Balaban J connectivity index is 3.45. The Hall–Kier alpha value is -2.35. The van der Waals surface area contributed by atoms with Crippen LogP contribution in [0.25, 0.3) is 0 Å². The lowest BCUT2D eigenvalue weighted by atomic mass is 9.94. The molecule has 1 heterocycles. The van der Waals surface area contributed by atoms with E-state index in [9.17, 15) is 19.5 Å². The molecule has 1 unspecified atom stereocenters. The Morgan fingerprint density at radius 1 is 1.27 bits per heavy atom. The molecule has 0 aromatic heterocycles. The van der Waals surface area contributed by atoms with Crippen LogP contribution in [0.3, 0.4) is 0 Å². The first-order valence-electron chi connectivity index (χ1n) is 6.14. The van der Waals surface area contributed by atoms with Gasteiger partial charge in [0.2, 0.25) is 17.4 Å². The predicted molar refractivity (Wildman–Crippen MR) is 70.9 cm³/mol. The molecule has 1 rings (SSSR count). The Kier molecular flexibility index (Phi) is 6.11. The van der Waals surface area contributed by atoms with Crippen molar-refractivity contribution >= 4 is 17.7 Å². The third kappa shape index (κ3) is 3.11. The zero-order valence-electron chi connectivity index (χ0n) is 12.6. The second-order valence-electron chi connectivity index (χ2n) is 4.18. The molecule has 0 fully saturated rings. The molecule has 22 heavy (non-hydrogen) atoms. The number of allylic oxidation sites excluding steroid dienone is 1. The van der Waals surface area contributed by atoms with E-state index in [-0.39, 0.29) is 18.2 Å². The molecule has 0 spiro atoms. The minimum absolute atomic E-state index is 0.0926. The number of hydrogen-bond donors (Lipinski definition) is 1. The maximum atomic E-state index is 12.2. The number of carbonyl (C=O) groups is 2. The molecule has 9 heteroatoms. The number of ether oxygens (including phenoxy) is 4. The summed E-state index contributed by atoms with van der Waals surface area (Å²) in [5, 5.41) is 9.22. The van der Waals surface area contributed by atoms with E-state index in [1.165, 1.54) is 34.4 Å². The van der Waals surface area contributed by atoms with Crippen LogP contribution in [-0.4, -0.2) is 69.0 Å². The molecule has 0 aliphatic carbocycles. The minimum Gasteiger partial charge on any atom is -0.489 e. The number of ketones is 1. The lowest BCUT2D eigenvalue weighted by molar-refractivity contribution is -0.148. The fourth-order valence-electron chi connectivity index (χ4n) is 2.06. The number of carboxylic acid groups (broad SMARTS) is 1. The van der Waals surface area contributed by atoms with Gasteiger partial charge in [-0.3, -0.25) is 14.5 Å². The van der Waals surface area contributed by atoms with E-state index < -0.39 is 29.7 Å². The minimum atomic E-state index is -1.74. The topological polar surface area (TPSA) is 112 Å². The molecule has 0 bridgehead atoms. The third-order valence-electron chi connectivity index (χ3n) is 3.10. The maximum Gasteiger partial charge on any atom is 0.321 e. The molecule has 122 valence electrons. The van der Waals surface area contributed by atoms with Gasteiger partial charge in [-0.25, -0.2) is 4.79 Å². The Bertz CT molecular complexity index is 530. The van der Waals surface area contributed by atoms with Gasteiger partial charge in [0.1, 0.15) is 11.6 Å². The van der Waals surface area contributed by atoms with Gasteiger partial charge in [0.25, 0.3) is 0 Å². The average molecular weight is 315 g/mol. The SMILES string of the molecule is COC1=C(OC)N(CC(OC)OC)C(=C=O)C(C(=O)O)C1=O. The molecular formula is C13H17NO8. The zero-order chi connectivity index (χ0) is 16.9. The number of aliphatic carboxylic acids is 1. The Morgan fingerprint density at radius 3 is 2.23 bits per heavy atom. The summed E-state index contributed by atoms with van der Waals surface area (Å²) in [6, 6.07) is 0. The van der Waals surface area contributed by atoms with Gasteiger partial charge in [0.15, 0.2) is 12.2 Å². The van der Waals surface area contributed by atoms with Crippen LogP contribution in [0.2, 0.25) is 0 Å². The highest BCUT2D eigenvalue weighted by molar-refractivity contribution is 6.11. The molecule has 1 aliphatic rings. The summed E-state index contributed by atoms with van der Waals surface area (Å²) >= 11 is 0. The number of methoxy groups -OCH3 is 4. The quantitative estimate of drug-likeness (QED) is 0.373. The normalized spacial score (nSPS) is 18.6. The van der Waals surface area contributed by atoms with Gasteiger partial charge in [-0.1, -0.05) is 0 Å². The van der Waals surface area contributed by atoms with Crippen LogP contribution in [-0.2, 0) is 33.3 Å². The van der Waals surface area contributed by atoms with Gasteiger partial charge in [0.05, 0.1) is 20.8 Å². The second-order valence-corrected chi connectivity index (χ2v) is 4.18. The highest BCUT2D eigenvalue weighted by Gasteiger charge is 2.46. The van der Waals surface area contributed by atoms with E-state index in [0.29, 0.717) is 0 Å². The number of carboxylic acids is 1. The lowest BCUT2D eigenvalue weighted by Gasteiger charge is -2.35. The number of hydrogen-bond acceptors (Lipinski definition) is 8. The Morgan fingerprint density at radius 2 is 1.86 bits per heavy atom. The van der Waals surface area contributed by atoms with E-state index in [0.717, 1.165) is 4.90 Å². The third-order valence-corrected chi connectivity index (χ3v) is 3.10. The van der Waals surface area contributed by atoms with Gasteiger partial charge in [-0.05, 0) is 0 Å². The van der Waals surface area contributed by atoms with E-state index in [4.69, 9.17) is 18.9 Å². The van der Waals surface area contributed by atoms with Crippen LogP contribution < -0.4 is 0 Å². The summed E-state index contributed by atoms with van der Waals surface area (Å²) in [6.07, 6.45) is -0.797. The smallest absolute Gasteiger partial charge is 0.321 e. The standard InChI is InChI=1S/C13H17NO8/c1-19-8(20-2)5-14-7(6-15)9(13(17)18)10(16)11(21-3)12(14)22-4/h8-9H,5H2,1-4H3,(H,17,18). The van der Waals surface area contributed by atoms with Gasteiger partial charge in [-0.15, -0.1) is 0 Å². The summed E-state index contributed by atoms with van der Waals surface area (Å²) in [4.78, 5) is 35.9. The summed E-state index contributed by atoms with van der Waals surface area (Å²) in [5.74, 6) is -3.05. The van der Waals surface area contributed by atoms with Crippen molar-refractivity contribution in [1.29, 1.82) is 0 Å². The predicted octanol–water partition coefficient (Wildman–Crippen LogP) is -0.632. The largest absolute Gasteiger partial charge is 0.489 e. The highest BCUT2D eigenvalue weighted by atomic mass is 16.7. The van der Waals surface area contributed by atoms with Crippen molar-refractivity contribution in [2.45, 2.75) is 6.29 Å². The van der Waals surface area contributed by atoms with E-state index >= 15 is 0 Å². The highest BCUT2D eigenvalue weighted by Crippen LogP contribution is 2.32. The van der Waals surface area contributed by atoms with E-state index in [2.05, 4.69) is 0 Å². The fraction of sp³-hybridized carbons (Fsp3) is 0.538. The average Bonchev–Trinajstić information content (AvgIpc) is 2.51. The first-order valence-corrected chi connectivity index (χ1v) is 6.14. The van der Waals surface area contributed by atoms with Gasteiger partial charge in [0, 0.05) is 14.2 Å². The number of Topliss-reactive ketones (excluding diaryl/α,β-unsaturated/α-hetero) is 1. The molecule has 0 aromatic rings. The first kappa shape index (κ1) is 17.7. The van der Waals surface area contributed by atoms with Crippen molar-refractivity contribution in [2.24, 2.45) is 5.92 Å². The van der Waals surface area contributed by atoms with Crippen LogP contribution in [0.5, 0.6) is 0 Å². The molecule has 1 N–H and O–H groups in total. The second kappa shape index (κ2) is 7.60. The van der Waals surface area contributed by atoms with Crippen molar-refractivity contribution in [2.75, 3.05) is 35.0 Å². The van der Waals surface area contributed by atoms with Crippen molar-refractivity contribution in [1.82, 2.24) is 4.90 Å². The molecular weight excluding hydrogens is 298 g/mol. The van der Waals surface area contributed by atoms with Gasteiger partial charge in [-0.2, -0.15) is 0 Å². The van der Waals surface area contributed by atoms with Crippen molar-refractivity contribution < 1.29 is 38.4 Å². The molecule has 0 saturated carbocycles. The Labute approximate surface area is 126 Å². The molecule has 1 atom stereocenters. The summed E-state index contributed by atoms with van der Waals surface area (Å²) < 4.78 is 20.1. The van der Waals surface area contributed by atoms with Crippen molar-refractivity contribution in [3.05, 3.63) is 17.3 Å². The van der Waals surface area contributed by atoms with Crippen LogP contribution >= 0.6 is 0 Å². The molecule has 0 aromatic carbocycles.